The Bertz CT molecular complexity index is 830. The topological polar surface area (TPSA) is 98.5 Å². The van der Waals surface area contributed by atoms with Gasteiger partial charge in [0.2, 0.25) is 15.9 Å². The van der Waals surface area contributed by atoms with Crippen LogP contribution < -0.4 is 15.2 Å². The van der Waals surface area contributed by atoms with Crippen LogP contribution in [0.15, 0.2) is 53.4 Å². The van der Waals surface area contributed by atoms with Gasteiger partial charge < -0.3 is 10.5 Å². The van der Waals surface area contributed by atoms with Crippen LogP contribution in [-0.2, 0) is 10.0 Å². The number of amides is 1. The number of nitrogens with two attached hydrogens (primary N) is 1. The zero-order valence-electron chi connectivity index (χ0n) is 14.2. The zero-order chi connectivity index (χ0) is 18.4. The number of nitrogens with one attached hydrogen (secondary N) is 1. The van der Waals surface area contributed by atoms with Crippen molar-refractivity contribution in [2.45, 2.75) is 24.7 Å². The van der Waals surface area contributed by atoms with Crippen LogP contribution in [0.4, 0.5) is 0 Å². The van der Waals surface area contributed by atoms with Gasteiger partial charge in [0.1, 0.15) is 12.4 Å². The second kappa shape index (κ2) is 8.13. The summed E-state index contributed by atoms with van der Waals surface area (Å²) in [6, 6.07) is 13.1. The molecule has 7 heteroatoms. The van der Waals surface area contributed by atoms with Crippen molar-refractivity contribution < 1.29 is 17.9 Å². The summed E-state index contributed by atoms with van der Waals surface area (Å²) >= 11 is 0. The molecule has 2 aromatic rings. The molecule has 0 heterocycles. The minimum atomic E-state index is -3.67. The third kappa shape index (κ3) is 5.04. The average Bonchev–Trinajstić information content (AvgIpc) is 2.59. The molecular weight excluding hydrogens is 340 g/mol. The second-order valence-corrected chi connectivity index (χ2v) is 7.59. The van der Waals surface area contributed by atoms with Crippen LogP contribution >= 0.6 is 0 Å². The molecule has 0 aliphatic rings. The summed E-state index contributed by atoms with van der Waals surface area (Å²) in [7, 11) is -3.67. The Morgan fingerprint density at radius 1 is 1.12 bits per heavy atom. The first-order valence-electron chi connectivity index (χ1n) is 7.92. The zero-order valence-corrected chi connectivity index (χ0v) is 15.0. The lowest BCUT2D eigenvalue weighted by molar-refractivity contribution is 0.1000. The third-order valence-corrected chi connectivity index (χ3v) is 5.12. The van der Waals surface area contributed by atoms with E-state index >= 15 is 0 Å². The third-order valence-electron chi connectivity index (χ3n) is 3.64. The Labute approximate surface area is 148 Å². The first kappa shape index (κ1) is 19.0. The van der Waals surface area contributed by atoms with E-state index in [2.05, 4.69) is 18.6 Å². The van der Waals surface area contributed by atoms with Crippen LogP contribution in [0.5, 0.6) is 5.75 Å². The minimum Gasteiger partial charge on any atom is -0.492 e. The number of rotatable bonds is 8. The van der Waals surface area contributed by atoms with Crippen molar-refractivity contribution in [1.29, 1.82) is 0 Å². The van der Waals surface area contributed by atoms with E-state index in [-0.39, 0.29) is 23.6 Å². The number of primary amides is 1. The van der Waals surface area contributed by atoms with Gasteiger partial charge in [-0.05, 0) is 41.8 Å². The number of para-hydroxylation sites is 1. The van der Waals surface area contributed by atoms with Gasteiger partial charge in [0, 0.05) is 12.1 Å². The number of hydrogen-bond donors (Lipinski definition) is 2. The van der Waals surface area contributed by atoms with Gasteiger partial charge in [0.15, 0.2) is 0 Å². The molecule has 0 bridgehead atoms. The lowest BCUT2D eigenvalue weighted by atomic mass is 10.0. The van der Waals surface area contributed by atoms with Crippen LogP contribution in [0.1, 0.15) is 35.7 Å². The molecule has 0 saturated carbocycles. The van der Waals surface area contributed by atoms with Crippen molar-refractivity contribution in [3.8, 4) is 5.75 Å². The lowest BCUT2D eigenvalue weighted by Gasteiger charge is -2.14. The van der Waals surface area contributed by atoms with Crippen molar-refractivity contribution in [1.82, 2.24) is 4.72 Å². The number of benzene rings is 2. The van der Waals surface area contributed by atoms with E-state index in [0.29, 0.717) is 5.92 Å². The van der Waals surface area contributed by atoms with E-state index in [1.165, 1.54) is 24.3 Å². The highest BCUT2D eigenvalue weighted by Gasteiger charge is 2.14. The summed E-state index contributed by atoms with van der Waals surface area (Å²) < 4.78 is 32.6. The molecule has 0 radical (unpaired) electrons. The van der Waals surface area contributed by atoms with E-state index in [1.54, 1.807) is 0 Å². The van der Waals surface area contributed by atoms with E-state index < -0.39 is 15.9 Å². The van der Waals surface area contributed by atoms with E-state index in [9.17, 15) is 13.2 Å². The minimum absolute atomic E-state index is 0.0695. The smallest absolute Gasteiger partial charge is 0.248 e. The van der Waals surface area contributed by atoms with Gasteiger partial charge in [-0.25, -0.2) is 13.1 Å². The van der Waals surface area contributed by atoms with Crippen molar-refractivity contribution in [2.75, 3.05) is 13.2 Å². The normalized spacial score (nSPS) is 11.5. The van der Waals surface area contributed by atoms with E-state index in [4.69, 9.17) is 10.5 Å². The van der Waals surface area contributed by atoms with Gasteiger partial charge in [-0.15, -0.1) is 0 Å². The molecule has 0 aliphatic heterocycles. The Kier molecular flexibility index (Phi) is 6.17. The van der Waals surface area contributed by atoms with E-state index in [0.717, 1.165) is 11.3 Å². The first-order chi connectivity index (χ1) is 11.8. The molecule has 6 nitrogen and oxygen atoms in total. The molecule has 0 atom stereocenters. The van der Waals surface area contributed by atoms with Crippen LogP contribution in [-0.4, -0.2) is 27.5 Å². The van der Waals surface area contributed by atoms with Crippen LogP contribution in [0, 0.1) is 0 Å². The lowest BCUT2D eigenvalue weighted by Crippen LogP contribution is -2.28. The van der Waals surface area contributed by atoms with Crippen molar-refractivity contribution in [2.24, 2.45) is 5.73 Å². The molecule has 0 aliphatic carbocycles. The largest absolute Gasteiger partial charge is 0.492 e. The molecule has 2 aromatic carbocycles. The number of ether oxygens (including phenoxy) is 1. The predicted molar refractivity (Wildman–Crippen MR) is 96.2 cm³/mol. The predicted octanol–water partition coefficient (Wildman–Crippen LogP) is 2.27. The maximum atomic E-state index is 12.2. The average molecular weight is 362 g/mol. The van der Waals surface area contributed by atoms with Crippen molar-refractivity contribution in [3.63, 3.8) is 0 Å². The molecule has 0 fully saturated rings. The number of hydrogen-bond acceptors (Lipinski definition) is 4. The molecule has 0 saturated heterocycles. The first-order valence-corrected chi connectivity index (χ1v) is 9.41. The summed E-state index contributed by atoms with van der Waals surface area (Å²) in [5.74, 6) is 0.466. The number of carbonyl (C=O) groups excluding carboxylic acids is 1. The summed E-state index contributed by atoms with van der Waals surface area (Å²) in [4.78, 5) is 11.1. The Hall–Kier alpha value is -2.38. The molecule has 1 amide bonds. The van der Waals surface area contributed by atoms with Gasteiger partial charge in [0.05, 0.1) is 4.90 Å². The summed E-state index contributed by atoms with van der Waals surface area (Å²) in [5, 5.41) is 0. The van der Waals surface area contributed by atoms with Crippen LogP contribution in [0.2, 0.25) is 0 Å². The van der Waals surface area contributed by atoms with Crippen LogP contribution in [0.25, 0.3) is 0 Å². The summed E-state index contributed by atoms with van der Waals surface area (Å²) in [5.41, 5.74) is 6.47. The number of sulfonamides is 1. The summed E-state index contributed by atoms with van der Waals surface area (Å²) in [6.45, 7) is 4.48. The maximum Gasteiger partial charge on any atom is 0.248 e. The molecule has 25 heavy (non-hydrogen) atoms. The highest BCUT2D eigenvalue weighted by atomic mass is 32.2. The fraction of sp³-hybridized carbons (Fsp3) is 0.278. The maximum absolute atomic E-state index is 12.2. The Morgan fingerprint density at radius 2 is 1.76 bits per heavy atom. The van der Waals surface area contributed by atoms with E-state index in [1.807, 2.05) is 24.3 Å². The Morgan fingerprint density at radius 3 is 2.36 bits per heavy atom. The highest BCUT2D eigenvalue weighted by Crippen LogP contribution is 2.25. The molecule has 2 rings (SSSR count). The molecule has 3 N–H and O–H groups in total. The quantitative estimate of drug-likeness (QED) is 0.704. The standard InChI is InChI=1S/C18H22N2O4S/c1-13(2)16-5-3-4-6-17(16)24-12-11-20-25(22,23)15-9-7-14(8-10-15)18(19)21/h3-10,13,20H,11-12H2,1-2H3,(H2,19,21). The fourth-order valence-electron chi connectivity index (χ4n) is 2.31. The molecule has 0 unspecified atom stereocenters. The SMILES string of the molecule is CC(C)c1ccccc1OCCNS(=O)(=O)c1ccc(C(N)=O)cc1. The van der Waals surface area contributed by atoms with Gasteiger partial charge >= 0.3 is 0 Å². The van der Waals surface area contributed by atoms with Crippen LogP contribution in [0.3, 0.4) is 0 Å². The molecule has 0 spiro atoms. The van der Waals surface area contributed by atoms with Gasteiger partial charge in [-0.2, -0.15) is 0 Å². The van der Waals surface area contributed by atoms with Gasteiger partial charge in [0.25, 0.3) is 0 Å². The number of carbonyl (C=O) groups is 1. The highest BCUT2D eigenvalue weighted by molar-refractivity contribution is 7.89. The van der Waals surface area contributed by atoms with Crippen molar-refractivity contribution >= 4 is 15.9 Å². The fourth-order valence-corrected chi connectivity index (χ4v) is 3.32. The molecule has 0 aromatic heterocycles. The molecular formula is C18H22N2O4S. The van der Waals surface area contributed by atoms with Crippen molar-refractivity contribution in [3.05, 3.63) is 59.7 Å². The van der Waals surface area contributed by atoms with Gasteiger partial charge in [-0.1, -0.05) is 32.0 Å². The Balaban J connectivity index is 1.94. The summed E-state index contributed by atoms with van der Waals surface area (Å²) in [6.07, 6.45) is 0. The second-order valence-electron chi connectivity index (χ2n) is 5.83. The van der Waals surface area contributed by atoms with Gasteiger partial charge in [-0.3, -0.25) is 4.79 Å². The monoisotopic (exact) mass is 362 g/mol. The molecule has 134 valence electrons.